The maximum atomic E-state index is 13.3. The van der Waals surface area contributed by atoms with Crippen LogP contribution in [0.2, 0.25) is 0 Å². The molecule has 2 aromatic heterocycles. The molecule has 1 aromatic carbocycles. The highest BCUT2D eigenvalue weighted by Gasteiger charge is 2.07. The quantitative estimate of drug-likeness (QED) is 0.678. The van der Waals surface area contributed by atoms with E-state index in [-0.39, 0.29) is 5.82 Å². The van der Waals surface area contributed by atoms with E-state index >= 15 is 0 Å². The summed E-state index contributed by atoms with van der Waals surface area (Å²) in [5, 5.41) is 0. The summed E-state index contributed by atoms with van der Waals surface area (Å²) in [6, 6.07) is 6.82. The van der Waals surface area contributed by atoms with Crippen LogP contribution < -0.4 is 0 Å². The number of nitrogens with zero attached hydrogens (tertiary/aromatic N) is 2. The third-order valence-electron chi connectivity index (χ3n) is 2.88. The minimum atomic E-state index is -0.216. The minimum absolute atomic E-state index is 0.216. The van der Waals surface area contributed by atoms with E-state index < -0.39 is 0 Å². The molecule has 0 aliphatic carbocycles. The van der Waals surface area contributed by atoms with Gasteiger partial charge in [0.1, 0.15) is 5.82 Å². The second-order valence-corrected chi connectivity index (χ2v) is 4.48. The molecule has 0 unspecified atom stereocenters. The van der Waals surface area contributed by atoms with E-state index in [2.05, 4.69) is 9.97 Å². The Kier molecular flexibility index (Phi) is 2.48. The highest BCUT2D eigenvalue weighted by Crippen LogP contribution is 2.20. The summed E-state index contributed by atoms with van der Waals surface area (Å²) < 4.78 is 15.7. The second kappa shape index (κ2) is 4.03. The van der Waals surface area contributed by atoms with Gasteiger partial charge in [0.25, 0.3) is 0 Å². The van der Waals surface area contributed by atoms with Crippen LogP contribution in [0.1, 0.15) is 5.56 Å². The van der Waals surface area contributed by atoms with Crippen LogP contribution in [-0.2, 0) is 0 Å². The van der Waals surface area contributed by atoms with Crippen molar-refractivity contribution in [2.75, 3.05) is 0 Å². The molecule has 0 saturated heterocycles. The van der Waals surface area contributed by atoms with E-state index in [9.17, 15) is 4.39 Å². The van der Waals surface area contributed by atoms with Gasteiger partial charge in [0.2, 0.25) is 0 Å². The number of aromatic amines is 1. The van der Waals surface area contributed by atoms with Crippen LogP contribution in [0.25, 0.3) is 16.7 Å². The number of halogens is 1. The third kappa shape index (κ3) is 1.64. The van der Waals surface area contributed by atoms with Crippen LogP contribution in [-0.4, -0.2) is 14.5 Å². The Morgan fingerprint density at radius 3 is 2.94 bits per heavy atom. The van der Waals surface area contributed by atoms with Gasteiger partial charge in [0, 0.05) is 11.9 Å². The number of nitrogens with one attached hydrogen (secondary N) is 1. The van der Waals surface area contributed by atoms with E-state index in [0.29, 0.717) is 10.3 Å². The summed E-state index contributed by atoms with van der Waals surface area (Å²) >= 11 is 5.30. The molecule has 90 valence electrons. The Morgan fingerprint density at radius 1 is 1.33 bits per heavy atom. The summed E-state index contributed by atoms with van der Waals surface area (Å²) in [6.45, 7) is 1.73. The molecule has 0 fully saturated rings. The lowest BCUT2D eigenvalue weighted by Crippen LogP contribution is -1.95. The summed E-state index contributed by atoms with van der Waals surface area (Å²) in [6.07, 6.45) is 3.43. The monoisotopic (exact) mass is 259 g/mol. The summed E-state index contributed by atoms with van der Waals surface area (Å²) in [7, 11) is 0. The molecule has 3 aromatic rings. The normalized spacial score (nSPS) is 11.0. The van der Waals surface area contributed by atoms with Crippen molar-refractivity contribution in [2.45, 2.75) is 6.92 Å². The Bertz CT molecular complexity index is 788. The van der Waals surface area contributed by atoms with Gasteiger partial charge in [0.15, 0.2) is 4.77 Å². The molecule has 3 nitrogen and oxygen atoms in total. The molecule has 0 aliphatic rings. The molecule has 0 spiro atoms. The number of pyridine rings is 1. The lowest BCUT2D eigenvalue weighted by molar-refractivity contribution is 0.618. The van der Waals surface area contributed by atoms with Crippen LogP contribution >= 0.6 is 12.2 Å². The lowest BCUT2D eigenvalue weighted by Gasteiger charge is -2.06. The Balaban J connectivity index is 2.34. The molecule has 5 heteroatoms. The van der Waals surface area contributed by atoms with E-state index in [1.54, 1.807) is 31.5 Å². The second-order valence-electron chi connectivity index (χ2n) is 4.09. The van der Waals surface area contributed by atoms with Crippen molar-refractivity contribution in [2.24, 2.45) is 0 Å². The summed E-state index contributed by atoms with van der Waals surface area (Å²) in [5.74, 6) is -0.216. The van der Waals surface area contributed by atoms with Gasteiger partial charge >= 0.3 is 0 Å². The van der Waals surface area contributed by atoms with E-state index in [1.165, 1.54) is 6.07 Å². The number of benzene rings is 1. The van der Waals surface area contributed by atoms with E-state index in [4.69, 9.17) is 12.2 Å². The number of fused-ring (bicyclic) bond motifs is 1. The number of H-pyrrole nitrogens is 1. The largest absolute Gasteiger partial charge is 0.329 e. The van der Waals surface area contributed by atoms with E-state index in [1.807, 2.05) is 10.6 Å². The molecular weight excluding hydrogens is 249 g/mol. The first-order valence-corrected chi connectivity index (χ1v) is 5.89. The SMILES string of the molecule is Cc1cc(-n2c(=S)[nH]c3cnccc32)ccc1F. The van der Waals surface area contributed by atoms with E-state index in [0.717, 1.165) is 16.7 Å². The first-order chi connectivity index (χ1) is 8.66. The van der Waals surface area contributed by atoms with Crippen molar-refractivity contribution < 1.29 is 4.39 Å². The average molecular weight is 259 g/mol. The topological polar surface area (TPSA) is 33.6 Å². The zero-order valence-corrected chi connectivity index (χ0v) is 10.5. The van der Waals surface area contributed by atoms with Gasteiger partial charge in [-0.3, -0.25) is 9.55 Å². The number of aromatic nitrogens is 3. The highest BCUT2D eigenvalue weighted by molar-refractivity contribution is 7.71. The molecule has 0 amide bonds. The predicted octanol–water partition coefficient (Wildman–Crippen LogP) is 3.53. The zero-order chi connectivity index (χ0) is 12.7. The van der Waals surface area contributed by atoms with Crippen molar-refractivity contribution in [3.05, 3.63) is 52.8 Å². The minimum Gasteiger partial charge on any atom is -0.329 e. The van der Waals surface area contributed by atoms with Crippen molar-refractivity contribution in [3.8, 4) is 5.69 Å². The molecular formula is C13H10FN3S. The number of aryl methyl sites for hydroxylation is 1. The lowest BCUT2D eigenvalue weighted by atomic mass is 10.2. The summed E-state index contributed by atoms with van der Waals surface area (Å²) in [4.78, 5) is 7.12. The maximum absolute atomic E-state index is 13.3. The number of imidazole rings is 1. The first kappa shape index (κ1) is 11.1. The van der Waals surface area contributed by atoms with Crippen LogP contribution in [0.15, 0.2) is 36.7 Å². The maximum Gasteiger partial charge on any atom is 0.182 e. The van der Waals surface area contributed by atoms with Crippen molar-refractivity contribution >= 4 is 23.3 Å². The fourth-order valence-electron chi connectivity index (χ4n) is 1.98. The van der Waals surface area contributed by atoms with Gasteiger partial charge in [-0.2, -0.15) is 0 Å². The number of rotatable bonds is 1. The van der Waals surface area contributed by atoms with Crippen molar-refractivity contribution in [3.63, 3.8) is 0 Å². The van der Waals surface area contributed by atoms with Crippen LogP contribution in [0.4, 0.5) is 4.39 Å². The van der Waals surface area contributed by atoms with Gasteiger partial charge in [-0.15, -0.1) is 0 Å². The number of hydrogen-bond acceptors (Lipinski definition) is 2. The van der Waals surface area contributed by atoms with Gasteiger partial charge < -0.3 is 4.98 Å². The molecule has 2 heterocycles. The van der Waals surface area contributed by atoms with Crippen molar-refractivity contribution in [1.82, 2.24) is 14.5 Å². The molecule has 0 radical (unpaired) electrons. The Labute approximate surface area is 108 Å². The molecule has 1 N–H and O–H groups in total. The molecule has 18 heavy (non-hydrogen) atoms. The average Bonchev–Trinajstić information content (AvgIpc) is 2.69. The zero-order valence-electron chi connectivity index (χ0n) is 9.64. The smallest absolute Gasteiger partial charge is 0.182 e. The molecule has 0 aliphatic heterocycles. The molecule has 0 saturated carbocycles. The van der Waals surface area contributed by atoms with Crippen LogP contribution in [0, 0.1) is 17.5 Å². The number of hydrogen-bond donors (Lipinski definition) is 1. The Morgan fingerprint density at radius 2 is 2.17 bits per heavy atom. The molecule has 0 bridgehead atoms. The van der Waals surface area contributed by atoms with Gasteiger partial charge in [-0.1, -0.05) is 0 Å². The van der Waals surface area contributed by atoms with Crippen LogP contribution in [0.5, 0.6) is 0 Å². The van der Waals surface area contributed by atoms with Gasteiger partial charge in [-0.05, 0) is 49.0 Å². The Hall–Kier alpha value is -2.01. The van der Waals surface area contributed by atoms with Gasteiger partial charge in [0.05, 0.1) is 17.2 Å². The van der Waals surface area contributed by atoms with Crippen molar-refractivity contribution in [1.29, 1.82) is 0 Å². The van der Waals surface area contributed by atoms with Crippen LogP contribution in [0.3, 0.4) is 0 Å². The fraction of sp³-hybridized carbons (Fsp3) is 0.0769. The summed E-state index contributed by atoms with van der Waals surface area (Å²) in [5.41, 5.74) is 3.24. The van der Waals surface area contributed by atoms with Gasteiger partial charge in [-0.25, -0.2) is 4.39 Å². The highest BCUT2D eigenvalue weighted by atomic mass is 32.1. The fourth-order valence-corrected chi connectivity index (χ4v) is 2.30. The molecule has 3 rings (SSSR count). The third-order valence-corrected chi connectivity index (χ3v) is 3.17. The predicted molar refractivity (Wildman–Crippen MR) is 70.9 cm³/mol. The molecule has 0 atom stereocenters. The standard InChI is InChI=1S/C13H10FN3S/c1-8-6-9(2-3-10(8)14)17-12-4-5-15-7-11(12)16-13(17)18/h2-7H,1H3,(H,16,18). The first-order valence-electron chi connectivity index (χ1n) is 5.48.